The van der Waals surface area contributed by atoms with E-state index < -0.39 is 24.5 Å². The molecule has 0 spiro atoms. The van der Waals surface area contributed by atoms with Crippen molar-refractivity contribution in [2.24, 2.45) is 0 Å². The van der Waals surface area contributed by atoms with E-state index in [0.29, 0.717) is 29.4 Å². The zero-order valence-electron chi connectivity index (χ0n) is 17.7. The van der Waals surface area contributed by atoms with Crippen LogP contribution in [0.15, 0.2) is 48.5 Å². The molecule has 0 aliphatic heterocycles. The summed E-state index contributed by atoms with van der Waals surface area (Å²) in [4.78, 5) is 35.6. The van der Waals surface area contributed by atoms with Crippen molar-refractivity contribution in [1.29, 1.82) is 0 Å². The molecule has 0 bridgehead atoms. The first-order valence-corrected chi connectivity index (χ1v) is 10.0. The second-order valence-corrected chi connectivity index (χ2v) is 6.53. The number of rotatable bonds is 12. The van der Waals surface area contributed by atoms with Gasteiger partial charge in [-0.25, -0.2) is 4.79 Å². The highest BCUT2D eigenvalue weighted by Gasteiger charge is 2.11. The maximum atomic E-state index is 12.0. The Balaban J connectivity index is 1.69. The molecule has 1 amide bonds. The molecule has 1 N–H and O–H groups in total. The number of anilines is 1. The third kappa shape index (κ3) is 8.38. The summed E-state index contributed by atoms with van der Waals surface area (Å²) in [6, 6.07) is 13.4. The fourth-order valence-corrected chi connectivity index (χ4v) is 2.48. The molecule has 0 saturated carbocycles. The summed E-state index contributed by atoms with van der Waals surface area (Å²) in [6.45, 7) is 2.06. The number of benzene rings is 2. The molecular weight excluding hydrogens is 402 g/mol. The van der Waals surface area contributed by atoms with Crippen molar-refractivity contribution in [3.05, 3.63) is 54.1 Å². The predicted molar refractivity (Wildman–Crippen MR) is 114 cm³/mol. The number of ether oxygens (including phenoxy) is 4. The monoisotopic (exact) mass is 429 g/mol. The molecule has 0 atom stereocenters. The molecule has 0 radical (unpaired) electrons. The lowest BCUT2D eigenvalue weighted by Gasteiger charge is -2.10. The van der Waals surface area contributed by atoms with Crippen LogP contribution < -0.4 is 14.8 Å². The zero-order valence-corrected chi connectivity index (χ0v) is 17.7. The Hall–Kier alpha value is -3.55. The van der Waals surface area contributed by atoms with Gasteiger partial charge >= 0.3 is 11.9 Å². The van der Waals surface area contributed by atoms with Gasteiger partial charge in [0.15, 0.2) is 18.1 Å². The molecule has 2 rings (SSSR count). The van der Waals surface area contributed by atoms with Crippen molar-refractivity contribution in [1.82, 2.24) is 0 Å². The molecule has 31 heavy (non-hydrogen) atoms. The first-order chi connectivity index (χ1) is 15.0. The van der Waals surface area contributed by atoms with Crippen LogP contribution in [0.3, 0.4) is 0 Å². The van der Waals surface area contributed by atoms with Gasteiger partial charge in [0.1, 0.15) is 0 Å². The number of nitrogens with one attached hydrogen (secondary N) is 1. The van der Waals surface area contributed by atoms with Crippen molar-refractivity contribution < 1.29 is 33.3 Å². The van der Waals surface area contributed by atoms with Crippen LogP contribution in [0.5, 0.6) is 11.5 Å². The van der Waals surface area contributed by atoms with Gasteiger partial charge in [0.2, 0.25) is 0 Å². The van der Waals surface area contributed by atoms with Gasteiger partial charge in [-0.05, 0) is 42.8 Å². The Morgan fingerprint density at radius 2 is 1.61 bits per heavy atom. The minimum absolute atomic E-state index is 0.0137. The van der Waals surface area contributed by atoms with Crippen molar-refractivity contribution in [2.75, 3.05) is 32.2 Å². The number of hydrogen-bond donors (Lipinski definition) is 1. The van der Waals surface area contributed by atoms with Crippen molar-refractivity contribution in [3.8, 4) is 11.5 Å². The summed E-state index contributed by atoms with van der Waals surface area (Å²) in [5, 5.41) is 2.60. The van der Waals surface area contributed by atoms with Crippen LogP contribution in [0, 0.1) is 0 Å². The van der Waals surface area contributed by atoms with Gasteiger partial charge in [0.25, 0.3) is 5.91 Å². The summed E-state index contributed by atoms with van der Waals surface area (Å²) in [7, 11) is 1.53. The first-order valence-electron chi connectivity index (χ1n) is 10.0. The summed E-state index contributed by atoms with van der Waals surface area (Å²) >= 11 is 0. The number of carbonyl (C=O) groups excluding carboxylic acids is 3. The number of para-hydroxylation sites is 2. The lowest BCUT2D eigenvalue weighted by Crippen LogP contribution is -2.21. The maximum absolute atomic E-state index is 12.0. The fourth-order valence-electron chi connectivity index (χ4n) is 2.48. The Morgan fingerprint density at radius 3 is 2.29 bits per heavy atom. The van der Waals surface area contributed by atoms with E-state index in [1.807, 2.05) is 13.0 Å². The fraction of sp³-hybridized carbons (Fsp3) is 0.348. The quantitative estimate of drug-likeness (QED) is 0.406. The van der Waals surface area contributed by atoms with Crippen LogP contribution in [-0.2, 0) is 19.1 Å². The molecule has 8 heteroatoms. The van der Waals surface area contributed by atoms with Crippen LogP contribution >= 0.6 is 0 Å². The largest absolute Gasteiger partial charge is 0.493 e. The topological polar surface area (TPSA) is 100 Å². The molecule has 8 nitrogen and oxygen atoms in total. The minimum atomic E-state index is -0.560. The molecule has 0 aliphatic carbocycles. The molecular formula is C23H27NO7. The number of methoxy groups -OCH3 is 1. The van der Waals surface area contributed by atoms with Crippen LogP contribution in [-0.4, -0.2) is 44.8 Å². The number of carbonyl (C=O) groups is 3. The summed E-state index contributed by atoms with van der Waals surface area (Å²) in [6.07, 6.45) is 1.74. The van der Waals surface area contributed by atoms with Crippen LogP contribution in [0.4, 0.5) is 5.69 Å². The molecule has 166 valence electrons. The normalized spacial score (nSPS) is 10.1. The van der Waals surface area contributed by atoms with E-state index >= 15 is 0 Å². The van der Waals surface area contributed by atoms with E-state index in [1.165, 1.54) is 7.11 Å². The summed E-state index contributed by atoms with van der Waals surface area (Å²) in [5.41, 5.74) is 0.876. The van der Waals surface area contributed by atoms with Gasteiger partial charge in [-0.1, -0.05) is 25.5 Å². The Kier molecular flexibility index (Phi) is 9.87. The smallest absolute Gasteiger partial charge is 0.338 e. The number of unbranched alkanes of at least 4 members (excludes halogenated alkanes) is 1. The van der Waals surface area contributed by atoms with E-state index in [4.69, 9.17) is 18.9 Å². The molecule has 0 saturated heterocycles. The zero-order chi connectivity index (χ0) is 22.5. The SMILES string of the molecule is CCCCOC(=O)c1ccc(NC(=O)COC(=O)CCOc2ccccc2OC)cc1. The highest BCUT2D eigenvalue weighted by molar-refractivity contribution is 5.94. The molecule has 0 aliphatic rings. The van der Waals surface area contributed by atoms with Gasteiger partial charge in [-0.2, -0.15) is 0 Å². The average molecular weight is 429 g/mol. The van der Waals surface area contributed by atoms with E-state index in [9.17, 15) is 14.4 Å². The second-order valence-electron chi connectivity index (χ2n) is 6.53. The predicted octanol–water partition coefficient (Wildman–Crippen LogP) is 3.60. The highest BCUT2D eigenvalue weighted by atomic mass is 16.5. The van der Waals surface area contributed by atoms with Gasteiger partial charge in [-0.3, -0.25) is 9.59 Å². The summed E-state index contributed by atoms with van der Waals surface area (Å²) < 4.78 is 20.7. The van der Waals surface area contributed by atoms with Crippen molar-refractivity contribution >= 4 is 23.5 Å². The van der Waals surface area contributed by atoms with Crippen LogP contribution in [0.2, 0.25) is 0 Å². The lowest BCUT2D eigenvalue weighted by molar-refractivity contribution is -0.147. The molecule has 2 aromatic carbocycles. The Labute approximate surface area is 181 Å². The number of esters is 2. The van der Waals surface area contributed by atoms with Gasteiger partial charge < -0.3 is 24.3 Å². The van der Waals surface area contributed by atoms with E-state index in [-0.39, 0.29) is 13.0 Å². The number of hydrogen-bond acceptors (Lipinski definition) is 7. The third-order valence-corrected chi connectivity index (χ3v) is 4.13. The second kappa shape index (κ2) is 12.9. The molecule has 0 heterocycles. The Morgan fingerprint density at radius 1 is 0.903 bits per heavy atom. The van der Waals surface area contributed by atoms with E-state index in [0.717, 1.165) is 12.8 Å². The lowest BCUT2D eigenvalue weighted by atomic mass is 10.2. The van der Waals surface area contributed by atoms with Crippen LogP contribution in [0.1, 0.15) is 36.5 Å². The maximum Gasteiger partial charge on any atom is 0.338 e. The van der Waals surface area contributed by atoms with Crippen LogP contribution in [0.25, 0.3) is 0 Å². The minimum Gasteiger partial charge on any atom is -0.493 e. The molecule has 0 unspecified atom stereocenters. The first kappa shape index (κ1) is 23.7. The standard InChI is InChI=1S/C23H27NO7/c1-3-4-14-30-23(27)17-9-11-18(12-10-17)24-21(25)16-31-22(26)13-15-29-20-8-6-5-7-19(20)28-2/h5-12H,3-4,13-16H2,1-2H3,(H,24,25). The van der Waals surface area contributed by atoms with Gasteiger partial charge in [-0.15, -0.1) is 0 Å². The van der Waals surface area contributed by atoms with E-state index in [2.05, 4.69) is 5.32 Å². The molecule has 2 aromatic rings. The Bertz CT molecular complexity index is 864. The number of amides is 1. The third-order valence-electron chi connectivity index (χ3n) is 4.13. The molecule has 0 aromatic heterocycles. The average Bonchev–Trinajstić information content (AvgIpc) is 2.78. The van der Waals surface area contributed by atoms with E-state index in [1.54, 1.807) is 42.5 Å². The van der Waals surface area contributed by atoms with Crippen molar-refractivity contribution in [2.45, 2.75) is 26.2 Å². The molecule has 0 fully saturated rings. The van der Waals surface area contributed by atoms with Crippen molar-refractivity contribution in [3.63, 3.8) is 0 Å². The summed E-state index contributed by atoms with van der Waals surface area (Å²) in [5.74, 6) is -0.369. The van der Waals surface area contributed by atoms with Gasteiger partial charge in [0, 0.05) is 5.69 Å². The highest BCUT2D eigenvalue weighted by Crippen LogP contribution is 2.25. The van der Waals surface area contributed by atoms with Gasteiger partial charge in [0.05, 0.1) is 32.3 Å².